The van der Waals surface area contributed by atoms with Crippen molar-refractivity contribution < 1.29 is 9.32 Å². The average molecular weight is 303 g/mol. The fourth-order valence-corrected chi connectivity index (χ4v) is 2.87. The summed E-state index contributed by atoms with van der Waals surface area (Å²) < 4.78 is 5.27. The summed E-state index contributed by atoms with van der Waals surface area (Å²) in [6.07, 6.45) is 3.20. The molecule has 1 saturated heterocycles. The van der Waals surface area contributed by atoms with Gasteiger partial charge in [0.15, 0.2) is 5.82 Å². The standard InChI is InChI=1S/C15H17N3O2S/c1-3-13-16-15(20-17-13)10-8-14(19)18(9-10)11-4-6-12(21-2)7-5-11/h4-7,10H,3,8-9H2,1-2H3. The molecule has 2 aromatic rings. The summed E-state index contributed by atoms with van der Waals surface area (Å²) in [5.41, 5.74) is 0.926. The van der Waals surface area contributed by atoms with E-state index >= 15 is 0 Å². The van der Waals surface area contributed by atoms with Crippen molar-refractivity contribution in [3.05, 3.63) is 36.0 Å². The Morgan fingerprint density at radius 1 is 1.38 bits per heavy atom. The van der Waals surface area contributed by atoms with Crippen LogP contribution in [0.2, 0.25) is 0 Å². The molecule has 5 nitrogen and oxygen atoms in total. The smallest absolute Gasteiger partial charge is 0.232 e. The first-order chi connectivity index (χ1) is 10.2. The van der Waals surface area contributed by atoms with Crippen LogP contribution in [-0.2, 0) is 11.2 Å². The molecule has 110 valence electrons. The van der Waals surface area contributed by atoms with Gasteiger partial charge in [-0.15, -0.1) is 11.8 Å². The molecule has 1 amide bonds. The molecule has 0 bridgehead atoms. The third kappa shape index (κ3) is 2.81. The molecule has 1 aromatic carbocycles. The molecule has 1 aliphatic heterocycles. The third-order valence-corrected chi connectivity index (χ3v) is 4.40. The zero-order valence-electron chi connectivity index (χ0n) is 12.1. The van der Waals surface area contributed by atoms with Crippen molar-refractivity contribution in [2.24, 2.45) is 0 Å². The lowest BCUT2D eigenvalue weighted by Crippen LogP contribution is -2.24. The fraction of sp³-hybridized carbons (Fsp3) is 0.400. The first kappa shape index (κ1) is 14.1. The topological polar surface area (TPSA) is 59.2 Å². The molecule has 2 heterocycles. The van der Waals surface area contributed by atoms with Crippen LogP contribution in [0, 0.1) is 0 Å². The molecule has 0 N–H and O–H groups in total. The van der Waals surface area contributed by atoms with Crippen LogP contribution in [0.5, 0.6) is 0 Å². The zero-order valence-corrected chi connectivity index (χ0v) is 12.9. The maximum absolute atomic E-state index is 12.2. The van der Waals surface area contributed by atoms with Crippen LogP contribution in [0.1, 0.15) is 31.0 Å². The molecule has 6 heteroatoms. The second-order valence-corrected chi connectivity index (χ2v) is 5.89. The van der Waals surface area contributed by atoms with Crippen molar-refractivity contribution >= 4 is 23.4 Å². The molecule has 0 radical (unpaired) electrons. The van der Waals surface area contributed by atoms with E-state index in [1.165, 1.54) is 4.90 Å². The second kappa shape index (κ2) is 5.89. The minimum atomic E-state index is -0.00877. The molecular formula is C15H17N3O2S. The first-order valence-corrected chi connectivity index (χ1v) is 8.20. The molecule has 0 spiro atoms. The van der Waals surface area contributed by atoms with Crippen LogP contribution < -0.4 is 4.90 Å². The van der Waals surface area contributed by atoms with Crippen molar-refractivity contribution in [2.75, 3.05) is 17.7 Å². The van der Waals surface area contributed by atoms with Gasteiger partial charge < -0.3 is 9.42 Å². The number of aryl methyl sites for hydroxylation is 1. The van der Waals surface area contributed by atoms with Crippen molar-refractivity contribution in [3.63, 3.8) is 0 Å². The number of anilines is 1. The number of carbonyl (C=O) groups excluding carboxylic acids is 1. The molecule has 3 rings (SSSR count). The molecule has 1 aliphatic rings. The predicted octanol–water partition coefficient (Wildman–Crippen LogP) is 2.87. The molecule has 0 aliphatic carbocycles. The van der Waals surface area contributed by atoms with Crippen LogP contribution in [-0.4, -0.2) is 28.8 Å². The highest BCUT2D eigenvalue weighted by Crippen LogP contribution is 2.31. The number of hydrogen-bond acceptors (Lipinski definition) is 5. The molecule has 0 saturated carbocycles. The van der Waals surface area contributed by atoms with E-state index < -0.39 is 0 Å². The van der Waals surface area contributed by atoms with E-state index in [2.05, 4.69) is 10.1 Å². The number of rotatable bonds is 4. The third-order valence-electron chi connectivity index (χ3n) is 3.66. The lowest BCUT2D eigenvalue weighted by molar-refractivity contribution is -0.117. The lowest BCUT2D eigenvalue weighted by Gasteiger charge is -2.16. The number of benzene rings is 1. The number of hydrogen-bond donors (Lipinski definition) is 0. The quantitative estimate of drug-likeness (QED) is 0.813. The first-order valence-electron chi connectivity index (χ1n) is 6.98. The Morgan fingerprint density at radius 3 is 2.76 bits per heavy atom. The van der Waals surface area contributed by atoms with Crippen LogP contribution in [0.4, 0.5) is 5.69 Å². The van der Waals surface area contributed by atoms with Gasteiger partial charge >= 0.3 is 0 Å². The van der Waals surface area contributed by atoms with Gasteiger partial charge in [-0.3, -0.25) is 4.79 Å². The van der Waals surface area contributed by atoms with Gasteiger partial charge in [0.2, 0.25) is 11.8 Å². The van der Waals surface area contributed by atoms with Crippen molar-refractivity contribution in [1.29, 1.82) is 0 Å². The van der Waals surface area contributed by atoms with Crippen LogP contribution in [0.25, 0.3) is 0 Å². The Kier molecular flexibility index (Phi) is 3.96. The number of aromatic nitrogens is 2. The van der Waals surface area contributed by atoms with Gasteiger partial charge in [-0.2, -0.15) is 4.98 Å². The summed E-state index contributed by atoms with van der Waals surface area (Å²) in [4.78, 5) is 19.5. The Labute approximate surface area is 127 Å². The SMILES string of the molecule is CCc1noc(C2CC(=O)N(c3ccc(SC)cc3)C2)n1. The number of nitrogens with zero attached hydrogens (tertiary/aromatic N) is 3. The van der Waals surface area contributed by atoms with Gasteiger partial charge in [-0.05, 0) is 30.5 Å². The fourth-order valence-electron chi connectivity index (χ4n) is 2.46. The Bertz CT molecular complexity index is 639. The van der Waals surface area contributed by atoms with Gasteiger partial charge in [-0.25, -0.2) is 0 Å². The summed E-state index contributed by atoms with van der Waals surface area (Å²) in [6.45, 7) is 2.58. The minimum Gasteiger partial charge on any atom is -0.339 e. The Morgan fingerprint density at radius 2 is 2.14 bits per heavy atom. The second-order valence-electron chi connectivity index (χ2n) is 5.01. The molecule has 1 atom stereocenters. The predicted molar refractivity (Wildman–Crippen MR) is 81.6 cm³/mol. The van der Waals surface area contributed by atoms with Gasteiger partial charge in [0.1, 0.15) is 0 Å². The van der Waals surface area contributed by atoms with Crippen LogP contribution in [0.3, 0.4) is 0 Å². The van der Waals surface area contributed by atoms with Crippen molar-refractivity contribution in [3.8, 4) is 0 Å². The lowest BCUT2D eigenvalue weighted by atomic mass is 10.1. The molecule has 1 unspecified atom stereocenters. The van der Waals surface area contributed by atoms with Gasteiger partial charge in [0.05, 0.1) is 5.92 Å². The largest absolute Gasteiger partial charge is 0.339 e. The molecule has 1 fully saturated rings. The number of thioether (sulfide) groups is 1. The average Bonchev–Trinajstić information content (AvgIpc) is 3.13. The van der Waals surface area contributed by atoms with E-state index in [-0.39, 0.29) is 11.8 Å². The Hall–Kier alpha value is -1.82. The highest BCUT2D eigenvalue weighted by Gasteiger charge is 2.34. The highest BCUT2D eigenvalue weighted by molar-refractivity contribution is 7.98. The zero-order chi connectivity index (χ0) is 14.8. The van der Waals surface area contributed by atoms with E-state index in [0.717, 1.165) is 12.1 Å². The molecule has 1 aromatic heterocycles. The molecule has 21 heavy (non-hydrogen) atoms. The van der Waals surface area contributed by atoms with Crippen LogP contribution in [0.15, 0.2) is 33.7 Å². The van der Waals surface area contributed by atoms with E-state index in [0.29, 0.717) is 24.7 Å². The molecular weight excluding hydrogens is 286 g/mol. The maximum Gasteiger partial charge on any atom is 0.232 e. The summed E-state index contributed by atoms with van der Waals surface area (Å²) in [7, 11) is 0. The Balaban J connectivity index is 1.77. The van der Waals surface area contributed by atoms with Gasteiger partial charge in [0.25, 0.3) is 0 Å². The van der Waals surface area contributed by atoms with Crippen molar-refractivity contribution in [1.82, 2.24) is 10.1 Å². The summed E-state index contributed by atoms with van der Waals surface area (Å²) in [5.74, 6) is 1.36. The summed E-state index contributed by atoms with van der Waals surface area (Å²) in [6, 6.07) is 8.03. The van der Waals surface area contributed by atoms with E-state index in [1.54, 1.807) is 16.7 Å². The van der Waals surface area contributed by atoms with Crippen molar-refractivity contribution in [2.45, 2.75) is 30.6 Å². The highest BCUT2D eigenvalue weighted by atomic mass is 32.2. The van der Waals surface area contributed by atoms with E-state index in [9.17, 15) is 4.79 Å². The van der Waals surface area contributed by atoms with Gasteiger partial charge in [-0.1, -0.05) is 12.1 Å². The van der Waals surface area contributed by atoms with E-state index in [1.807, 2.05) is 37.4 Å². The summed E-state index contributed by atoms with van der Waals surface area (Å²) in [5, 5.41) is 3.91. The number of carbonyl (C=O) groups is 1. The normalized spacial score (nSPS) is 18.5. The number of amides is 1. The minimum absolute atomic E-state index is 0.00877. The van der Waals surface area contributed by atoms with E-state index in [4.69, 9.17) is 4.52 Å². The maximum atomic E-state index is 12.2. The monoisotopic (exact) mass is 303 g/mol. The van der Waals surface area contributed by atoms with Gasteiger partial charge in [0, 0.05) is 30.0 Å². The van der Waals surface area contributed by atoms with Crippen LogP contribution >= 0.6 is 11.8 Å². The summed E-state index contributed by atoms with van der Waals surface area (Å²) >= 11 is 1.69.